The molecule has 0 spiro atoms. The third-order valence-electron chi connectivity index (χ3n) is 4.57. The van der Waals surface area contributed by atoms with Gasteiger partial charge in [0.05, 0.1) is 11.4 Å². The van der Waals surface area contributed by atoms with Crippen molar-refractivity contribution in [2.24, 2.45) is 0 Å². The van der Waals surface area contributed by atoms with Crippen LogP contribution in [0.15, 0.2) is 12.1 Å². The first kappa shape index (κ1) is 14.6. The van der Waals surface area contributed by atoms with Crippen molar-refractivity contribution in [3.63, 3.8) is 0 Å². The average molecular weight is 328 g/mol. The lowest BCUT2D eigenvalue weighted by Gasteiger charge is -2.30. The molecule has 3 aromatic heterocycles. The Morgan fingerprint density at radius 2 is 1.87 bits per heavy atom. The molecule has 120 valence electrons. The minimum absolute atomic E-state index is 0.415. The fourth-order valence-electron chi connectivity index (χ4n) is 3.07. The number of thiazole rings is 1. The Morgan fingerprint density at radius 3 is 2.57 bits per heavy atom. The van der Waals surface area contributed by atoms with Gasteiger partial charge in [-0.15, -0.1) is 21.5 Å². The highest BCUT2D eigenvalue weighted by Crippen LogP contribution is 2.32. The summed E-state index contributed by atoms with van der Waals surface area (Å²) in [6, 6.07) is 3.96. The first-order chi connectivity index (χ1) is 11.1. The topological polar surface area (TPSA) is 59.2 Å². The van der Waals surface area contributed by atoms with E-state index in [0.717, 1.165) is 53.9 Å². The molecule has 0 bridgehead atoms. The quantitative estimate of drug-likeness (QED) is 0.724. The van der Waals surface area contributed by atoms with Gasteiger partial charge in [-0.2, -0.15) is 9.61 Å². The Morgan fingerprint density at radius 1 is 1.09 bits per heavy atom. The summed E-state index contributed by atoms with van der Waals surface area (Å²) in [6.07, 6.45) is 2.13. The van der Waals surface area contributed by atoms with Crippen LogP contribution in [0.3, 0.4) is 0 Å². The maximum atomic E-state index is 4.68. The molecule has 0 N–H and O–H groups in total. The van der Waals surface area contributed by atoms with E-state index >= 15 is 0 Å². The van der Waals surface area contributed by atoms with Crippen molar-refractivity contribution >= 4 is 22.1 Å². The zero-order valence-electron chi connectivity index (χ0n) is 13.7. The van der Waals surface area contributed by atoms with E-state index in [4.69, 9.17) is 0 Å². The summed E-state index contributed by atoms with van der Waals surface area (Å²) in [5.74, 6) is 1.41. The maximum Gasteiger partial charge on any atom is 0.185 e. The van der Waals surface area contributed by atoms with Crippen LogP contribution in [0.2, 0.25) is 0 Å². The van der Waals surface area contributed by atoms with Gasteiger partial charge in [-0.25, -0.2) is 4.98 Å². The molecule has 0 aliphatic carbocycles. The van der Waals surface area contributed by atoms with Gasteiger partial charge in [0.1, 0.15) is 0 Å². The fraction of sp³-hybridized carbons (Fsp3) is 0.500. The highest BCUT2D eigenvalue weighted by Gasteiger charge is 2.26. The standard InChI is InChI=1S/C16H20N6S/c1-10-4-5-14-18-19-15(22(14)20-10)13-6-8-21(9-7-13)16-17-11(2)12(3)23-16/h4-5,13H,6-9H2,1-3H3. The van der Waals surface area contributed by atoms with E-state index in [1.807, 2.05) is 23.6 Å². The van der Waals surface area contributed by atoms with Crippen LogP contribution in [0.5, 0.6) is 0 Å². The largest absolute Gasteiger partial charge is 0.348 e. The lowest BCUT2D eigenvalue weighted by Crippen LogP contribution is -2.33. The van der Waals surface area contributed by atoms with E-state index in [1.54, 1.807) is 11.3 Å². The number of fused-ring (bicyclic) bond motifs is 1. The molecule has 0 radical (unpaired) electrons. The van der Waals surface area contributed by atoms with E-state index < -0.39 is 0 Å². The lowest BCUT2D eigenvalue weighted by molar-refractivity contribution is 0.476. The Labute approximate surface area is 139 Å². The van der Waals surface area contributed by atoms with Gasteiger partial charge in [0, 0.05) is 23.9 Å². The predicted molar refractivity (Wildman–Crippen MR) is 91.3 cm³/mol. The van der Waals surface area contributed by atoms with Gasteiger partial charge in [-0.05, 0) is 45.7 Å². The first-order valence-corrected chi connectivity index (χ1v) is 8.81. The van der Waals surface area contributed by atoms with Crippen LogP contribution in [-0.4, -0.2) is 37.9 Å². The molecule has 0 unspecified atom stereocenters. The Balaban J connectivity index is 1.53. The van der Waals surface area contributed by atoms with E-state index in [9.17, 15) is 0 Å². The Bertz CT molecular complexity index is 824. The van der Waals surface area contributed by atoms with E-state index in [-0.39, 0.29) is 0 Å². The van der Waals surface area contributed by atoms with Crippen molar-refractivity contribution in [1.82, 2.24) is 24.8 Å². The molecule has 0 saturated carbocycles. The van der Waals surface area contributed by atoms with Crippen LogP contribution in [0.25, 0.3) is 5.65 Å². The highest BCUT2D eigenvalue weighted by molar-refractivity contribution is 7.15. The molecule has 1 fully saturated rings. The van der Waals surface area contributed by atoms with Gasteiger partial charge in [-0.3, -0.25) is 0 Å². The number of aromatic nitrogens is 5. The third kappa shape index (κ3) is 2.59. The zero-order chi connectivity index (χ0) is 16.0. The minimum atomic E-state index is 0.415. The highest BCUT2D eigenvalue weighted by atomic mass is 32.1. The summed E-state index contributed by atoms with van der Waals surface area (Å²) in [5, 5.41) is 14.4. The van der Waals surface area contributed by atoms with Gasteiger partial charge in [0.25, 0.3) is 0 Å². The summed E-state index contributed by atoms with van der Waals surface area (Å²) in [6.45, 7) is 8.24. The third-order valence-corrected chi connectivity index (χ3v) is 5.70. The molecular weight excluding hydrogens is 308 g/mol. The number of anilines is 1. The molecule has 4 heterocycles. The number of rotatable bonds is 2. The monoisotopic (exact) mass is 328 g/mol. The van der Waals surface area contributed by atoms with E-state index in [0.29, 0.717) is 5.92 Å². The van der Waals surface area contributed by atoms with Gasteiger partial charge in [-0.1, -0.05) is 0 Å². The van der Waals surface area contributed by atoms with Gasteiger partial charge >= 0.3 is 0 Å². The van der Waals surface area contributed by atoms with Crippen LogP contribution >= 0.6 is 11.3 Å². The van der Waals surface area contributed by atoms with Crippen molar-refractivity contribution in [3.8, 4) is 0 Å². The number of hydrogen-bond acceptors (Lipinski definition) is 6. The Kier molecular flexibility index (Phi) is 3.52. The number of piperidine rings is 1. The second-order valence-electron chi connectivity index (χ2n) is 6.20. The number of hydrogen-bond donors (Lipinski definition) is 0. The van der Waals surface area contributed by atoms with Crippen LogP contribution in [0.1, 0.15) is 40.8 Å². The SMILES string of the molecule is Cc1ccc2nnc(C3CCN(c4nc(C)c(C)s4)CC3)n2n1. The number of aryl methyl sites for hydroxylation is 3. The molecule has 1 saturated heterocycles. The van der Waals surface area contributed by atoms with Crippen molar-refractivity contribution in [2.75, 3.05) is 18.0 Å². The number of nitrogens with zero attached hydrogens (tertiary/aromatic N) is 6. The van der Waals surface area contributed by atoms with E-state index in [2.05, 4.69) is 39.0 Å². The average Bonchev–Trinajstić information content (AvgIpc) is 3.11. The van der Waals surface area contributed by atoms with E-state index in [1.165, 1.54) is 4.88 Å². The van der Waals surface area contributed by atoms with Crippen LogP contribution in [0.4, 0.5) is 5.13 Å². The summed E-state index contributed by atoms with van der Waals surface area (Å²) in [5.41, 5.74) is 2.97. The van der Waals surface area contributed by atoms with Gasteiger partial charge in [0.2, 0.25) is 0 Å². The lowest BCUT2D eigenvalue weighted by atomic mass is 9.96. The second-order valence-corrected chi connectivity index (χ2v) is 7.38. The molecular formula is C16H20N6S. The van der Waals surface area contributed by atoms with Gasteiger partial charge in [0.15, 0.2) is 16.6 Å². The molecule has 6 nitrogen and oxygen atoms in total. The minimum Gasteiger partial charge on any atom is -0.348 e. The molecule has 3 aromatic rings. The molecule has 23 heavy (non-hydrogen) atoms. The maximum absolute atomic E-state index is 4.68. The normalized spacial score (nSPS) is 16.4. The van der Waals surface area contributed by atoms with Crippen molar-refractivity contribution in [3.05, 3.63) is 34.2 Å². The van der Waals surface area contributed by atoms with Crippen molar-refractivity contribution in [1.29, 1.82) is 0 Å². The van der Waals surface area contributed by atoms with Crippen LogP contribution < -0.4 is 4.90 Å². The summed E-state index contributed by atoms with van der Waals surface area (Å²) < 4.78 is 1.91. The molecule has 0 amide bonds. The predicted octanol–water partition coefficient (Wildman–Crippen LogP) is 2.89. The van der Waals surface area contributed by atoms with Crippen LogP contribution in [0, 0.1) is 20.8 Å². The molecule has 1 aliphatic rings. The fourth-order valence-corrected chi connectivity index (χ4v) is 4.03. The van der Waals surface area contributed by atoms with Gasteiger partial charge < -0.3 is 4.90 Å². The zero-order valence-corrected chi connectivity index (χ0v) is 14.5. The van der Waals surface area contributed by atoms with Crippen LogP contribution in [-0.2, 0) is 0 Å². The van der Waals surface area contributed by atoms with Crippen molar-refractivity contribution < 1.29 is 0 Å². The molecule has 1 aliphatic heterocycles. The molecule has 0 atom stereocenters. The Hall–Kier alpha value is -2.02. The summed E-state index contributed by atoms with van der Waals surface area (Å²) in [7, 11) is 0. The summed E-state index contributed by atoms with van der Waals surface area (Å²) >= 11 is 1.79. The molecule has 0 aromatic carbocycles. The first-order valence-electron chi connectivity index (χ1n) is 8.00. The smallest absolute Gasteiger partial charge is 0.185 e. The molecule has 7 heteroatoms. The van der Waals surface area contributed by atoms with Crippen molar-refractivity contribution in [2.45, 2.75) is 39.5 Å². The second kappa shape index (κ2) is 5.56. The summed E-state index contributed by atoms with van der Waals surface area (Å²) in [4.78, 5) is 8.38. The molecule has 4 rings (SSSR count).